The van der Waals surface area contributed by atoms with Gasteiger partial charge >= 0.3 is 11.9 Å². The zero-order valence-electron chi connectivity index (χ0n) is 11.7. The maximum absolute atomic E-state index is 11.8. The second-order valence-electron chi connectivity index (χ2n) is 4.61. The summed E-state index contributed by atoms with van der Waals surface area (Å²) in [5.74, 6) is -3.63. The van der Waals surface area contributed by atoms with Gasteiger partial charge in [-0.25, -0.2) is 9.78 Å². The number of aliphatic carboxylic acids is 2. The molecule has 10 heteroatoms. The molecule has 0 saturated carbocycles. The van der Waals surface area contributed by atoms with Crippen LogP contribution in [0, 0.1) is 0 Å². The molecule has 0 aliphatic rings. The first-order chi connectivity index (χ1) is 10.2. The van der Waals surface area contributed by atoms with Gasteiger partial charge in [0.15, 0.2) is 0 Å². The second-order valence-corrected chi connectivity index (χ2v) is 4.61. The van der Waals surface area contributed by atoms with Crippen LogP contribution in [0.15, 0.2) is 12.5 Å². The van der Waals surface area contributed by atoms with E-state index in [-0.39, 0.29) is 12.1 Å². The average Bonchev–Trinajstić information content (AvgIpc) is 2.84. The number of aromatic nitrogens is 2. The van der Waals surface area contributed by atoms with E-state index in [0.717, 1.165) is 10.9 Å². The number of carbonyl (C=O) groups is 4. The molecular formula is C12H16N4O6. The van der Waals surface area contributed by atoms with E-state index in [1.807, 2.05) is 0 Å². The van der Waals surface area contributed by atoms with E-state index in [1.165, 1.54) is 13.1 Å². The summed E-state index contributed by atoms with van der Waals surface area (Å²) in [6.07, 6.45) is 1.72. The lowest BCUT2D eigenvalue weighted by Crippen LogP contribution is -2.41. The van der Waals surface area contributed by atoms with Crippen LogP contribution in [0.3, 0.4) is 0 Å². The number of amides is 1. The van der Waals surface area contributed by atoms with Crippen molar-refractivity contribution in [3.05, 3.63) is 18.2 Å². The summed E-state index contributed by atoms with van der Waals surface area (Å²) in [5, 5.41) is 19.8. The van der Waals surface area contributed by atoms with Gasteiger partial charge in [-0.1, -0.05) is 0 Å². The summed E-state index contributed by atoms with van der Waals surface area (Å²) in [7, 11) is 0. The number of nitrogens with two attached hydrogens (primary N) is 1. The summed E-state index contributed by atoms with van der Waals surface area (Å²) >= 11 is 0. The first kappa shape index (κ1) is 17.3. The van der Waals surface area contributed by atoms with E-state index < -0.39 is 42.3 Å². The van der Waals surface area contributed by atoms with Crippen molar-refractivity contribution in [2.45, 2.75) is 31.8 Å². The third-order valence-corrected chi connectivity index (χ3v) is 2.69. The number of hydrogen-bond acceptors (Lipinski definition) is 6. The monoisotopic (exact) mass is 312 g/mol. The maximum Gasteiger partial charge on any atom is 0.326 e. The van der Waals surface area contributed by atoms with Crippen molar-refractivity contribution in [1.29, 1.82) is 0 Å². The van der Waals surface area contributed by atoms with Gasteiger partial charge in [0, 0.05) is 19.5 Å². The van der Waals surface area contributed by atoms with Gasteiger partial charge in [0.05, 0.1) is 18.2 Å². The van der Waals surface area contributed by atoms with Gasteiger partial charge in [0.25, 0.3) is 0 Å². The molecule has 0 unspecified atom stereocenters. The van der Waals surface area contributed by atoms with Crippen LogP contribution in [-0.2, 0) is 20.8 Å². The van der Waals surface area contributed by atoms with Gasteiger partial charge in [-0.3, -0.25) is 19.0 Å². The Morgan fingerprint density at radius 2 is 2.00 bits per heavy atom. The highest BCUT2D eigenvalue weighted by molar-refractivity contribution is 5.87. The standard InChI is InChI=1S/C12H16N4O6/c1-6(17)15-9(12(21)22)2-7-4-16(5-14-7)11(20)8(13)3-10(18)19/h4-5,8-9H,2-3,13H2,1H3,(H,15,17)(H,18,19)(H,21,22)/t8-,9-/m0/s1. The fraction of sp³-hybridized carbons (Fsp3) is 0.417. The van der Waals surface area contributed by atoms with E-state index in [2.05, 4.69) is 10.3 Å². The zero-order valence-corrected chi connectivity index (χ0v) is 11.7. The van der Waals surface area contributed by atoms with E-state index in [0.29, 0.717) is 0 Å². The molecular weight excluding hydrogens is 296 g/mol. The smallest absolute Gasteiger partial charge is 0.326 e. The lowest BCUT2D eigenvalue weighted by atomic mass is 10.1. The van der Waals surface area contributed by atoms with Gasteiger partial charge in [-0.05, 0) is 0 Å². The fourth-order valence-electron chi connectivity index (χ4n) is 1.71. The molecule has 0 aliphatic carbocycles. The van der Waals surface area contributed by atoms with Gasteiger partial charge in [0.1, 0.15) is 12.4 Å². The second kappa shape index (κ2) is 7.31. The Kier molecular flexibility index (Phi) is 5.75. The number of carboxylic acids is 2. The Morgan fingerprint density at radius 1 is 1.36 bits per heavy atom. The quantitative estimate of drug-likeness (QED) is 0.470. The van der Waals surface area contributed by atoms with Gasteiger partial charge in [-0.2, -0.15) is 0 Å². The average molecular weight is 312 g/mol. The lowest BCUT2D eigenvalue weighted by molar-refractivity contribution is -0.141. The molecule has 1 aromatic rings. The van der Waals surface area contributed by atoms with Crippen molar-refractivity contribution in [3.8, 4) is 0 Å². The number of carbonyl (C=O) groups excluding carboxylic acids is 2. The molecule has 10 nitrogen and oxygen atoms in total. The Balaban J connectivity index is 2.78. The van der Waals surface area contributed by atoms with Crippen molar-refractivity contribution >= 4 is 23.8 Å². The summed E-state index contributed by atoms with van der Waals surface area (Å²) in [4.78, 5) is 48.1. The normalized spacial score (nSPS) is 13.2. The van der Waals surface area contributed by atoms with Crippen LogP contribution in [-0.4, -0.2) is 55.6 Å². The molecule has 120 valence electrons. The minimum absolute atomic E-state index is 0.122. The van der Waals surface area contributed by atoms with E-state index in [9.17, 15) is 19.2 Å². The topological polar surface area (TPSA) is 165 Å². The summed E-state index contributed by atoms with van der Waals surface area (Å²) in [6, 6.07) is -2.41. The Bertz CT molecular complexity index is 596. The first-order valence-electron chi connectivity index (χ1n) is 6.25. The predicted octanol–water partition coefficient (Wildman–Crippen LogP) is -1.54. The summed E-state index contributed by atoms with van der Waals surface area (Å²) < 4.78 is 0.996. The van der Waals surface area contributed by atoms with E-state index in [4.69, 9.17) is 15.9 Å². The fourth-order valence-corrected chi connectivity index (χ4v) is 1.71. The Hall–Kier alpha value is -2.75. The molecule has 0 aromatic carbocycles. The molecule has 1 rings (SSSR count). The minimum Gasteiger partial charge on any atom is -0.481 e. The van der Waals surface area contributed by atoms with Crippen molar-refractivity contribution < 1.29 is 29.4 Å². The molecule has 0 radical (unpaired) electrons. The van der Waals surface area contributed by atoms with Crippen LogP contribution in [0.1, 0.15) is 23.8 Å². The molecule has 0 spiro atoms. The van der Waals surface area contributed by atoms with Crippen LogP contribution >= 0.6 is 0 Å². The van der Waals surface area contributed by atoms with Crippen LogP contribution in [0.5, 0.6) is 0 Å². The lowest BCUT2D eigenvalue weighted by Gasteiger charge is -2.11. The highest BCUT2D eigenvalue weighted by Crippen LogP contribution is 2.04. The van der Waals surface area contributed by atoms with Crippen molar-refractivity contribution in [2.24, 2.45) is 5.73 Å². The van der Waals surface area contributed by atoms with Crippen LogP contribution < -0.4 is 11.1 Å². The molecule has 2 atom stereocenters. The third-order valence-electron chi connectivity index (χ3n) is 2.69. The molecule has 0 fully saturated rings. The number of imidazole rings is 1. The van der Waals surface area contributed by atoms with E-state index >= 15 is 0 Å². The molecule has 1 heterocycles. The van der Waals surface area contributed by atoms with Gasteiger partial charge in [-0.15, -0.1) is 0 Å². The third kappa shape index (κ3) is 4.98. The molecule has 1 amide bonds. The Labute approximate surface area is 124 Å². The highest BCUT2D eigenvalue weighted by atomic mass is 16.4. The van der Waals surface area contributed by atoms with E-state index in [1.54, 1.807) is 0 Å². The van der Waals surface area contributed by atoms with Crippen molar-refractivity contribution in [2.75, 3.05) is 0 Å². The van der Waals surface area contributed by atoms with Crippen molar-refractivity contribution in [3.63, 3.8) is 0 Å². The number of carboxylic acid groups (broad SMARTS) is 2. The van der Waals surface area contributed by atoms with Crippen molar-refractivity contribution in [1.82, 2.24) is 14.9 Å². The number of nitrogens with zero attached hydrogens (tertiary/aromatic N) is 2. The van der Waals surface area contributed by atoms with Crippen LogP contribution in [0.25, 0.3) is 0 Å². The molecule has 5 N–H and O–H groups in total. The summed E-state index contributed by atoms with van der Waals surface area (Å²) in [5.41, 5.74) is 5.69. The molecule has 0 aliphatic heterocycles. The van der Waals surface area contributed by atoms with Crippen LogP contribution in [0.4, 0.5) is 0 Å². The molecule has 1 aromatic heterocycles. The largest absolute Gasteiger partial charge is 0.481 e. The molecule has 22 heavy (non-hydrogen) atoms. The Morgan fingerprint density at radius 3 is 2.50 bits per heavy atom. The summed E-state index contributed by atoms with van der Waals surface area (Å²) in [6.45, 7) is 1.18. The number of rotatable bonds is 7. The molecule has 0 saturated heterocycles. The van der Waals surface area contributed by atoms with Gasteiger partial charge in [0.2, 0.25) is 11.8 Å². The first-order valence-corrected chi connectivity index (χ1v) is 6.25. The minimum atomic E-state index is -1.24. The van der Waals surface area contributed by atoms with Gasteiger partial charge < -0.3 is 21.3 Å². The SMILES string of the molecule is CC(=O)N[C@@H](Cc1cn(C(=O)[C@@H](N)CC(=O)O)cn1)C(=O)O. The molecule has 0 bridgehead atoms. The maximum atomic E-state index is 11.8. The number of nitrogens with one attached hydrogen (secondary N) is 1. The predicted molar refractivity (Wildman–Crippen MR) is 72.0 cm³/mol. The zero-order chi connectivity index (χ0) is 16.9. The highest BCUT2D eigenvalue weighted by Gasteiger charge is 2.22. The number of hydrogen-bond donors (Lipinski definition) is 4. The van der Waals surface area contributed by atoms with Crippen LogP contribution in [0.2, 0.25) is 0 Å².